The highest BCUT2D eigenvalue weighted by Gasteiger charge is 2.73. The second-order valence-corrected chi connectivity index (χ2v) is 8.31. The molecule has 2 N–H and O–H groups in total. The van der Waals surface area contributed by atoms with Crippen LogP contribution < -0.4 is 10.6 Å². The van der Waals surface area contributed by atoms with Gasteiger partial charge >= 0.3 is 18.0 Å². The Balaban J connectivity index is 1.94. The number of aromatic nitrogens is 1. The lowest BCUT2D eigenvalue weighted by Crippen LogP contribution is -2.72. The lowest BCUT2D eigenvalue weighted by atomic mass is 10.1. The van der Waals surface area contributed by atoms with Crippen molar-refractivity contribution in [2.45, 2.75) is 44.7 Å². The molecule has 0 radical (unpaired) electrons. The van der Waals surface area contributed by atoms with Crippen molar-refractivity contribution in [1.29, 1.82) is 0 Å². The van der Waals surface area contributed by atoms with Crippen molar-refractivity contribution in [2.24, 2.45) is 0 Å². The number of halogens is 6. The minimum atomic E-state index is -5.89. The third-order valence-corrected chi connectivity index (χ3v) is 5.98. The van der Waals surface area contributed by atoms with Crippen molar-refractivity contribution in [2.75, 3.05) is 5.32 Å². The molecular weight excluding hydrogens is 456 g/mol. The molecule has 0 saturated carbocycles. The number of fused-ring (bicyclic) bond motifs is 1. The van der Waals surface area contributed by atoms with Gasteiger partial charge in [0.15, 0.2) is 5.13 Å². The molecule has 0 aliphatic heterocycles. The summed E-state index contributed by atoms with van der Waals surface area (Å²) >= 11 is 0.643. The van der Waals surface area contributed by atoms with Crippen LogP contribution in [0.15, 0.2) is 42.5 Å². The Morgan fingerprint density at radius 2 is 1.59 bits per heavy atom. The van der Waals surface area contributed by atoms with Crippen LogP contribution in [0.3, 0.4) is 0 Å². The number of nitrogens with zero attached hydrogens (tertiary/aromatic N) is 1. The first kappa shape index (κ1) is 23.8. The number of carbonyl (C=O) groups excluding carboxylic acids is 1. The van der Waals surface area contributed by atoms with Crippen LogP contribution in [0.1, 0.15) is 23.1 Å². The molecule has 3 rings (SSSR count). The lowest BCUT2D eigenvalue weighted by Gasteiger charge is -2.38. The number of aryl methyl sites for hydroxylation is 3. The molecule has 0 aliphatic carbocycles. The fraction of sp³-hybridized carbons (Fsp3) is 0.333. The van der Waals surface area contributed by atoms with Crippen molar-refractivity contribution in [3.63, 3.8) is 0 Å². The van der Waals surface area contributed by atoms with Gasteiger partial charge in [-0.05, 0) is 43.0 Å². The Morgan fingerprint density at radius 3 is 2.19 bits per heavy atom. The fourth-order valence-corrected chi connectivity index (χ4v) is 4.07. The fourth-order valence-electron chi connectivity index (χ4n) is 3.09. The highest BCUT2D eigenvalue weighted by molar-refractivity contribution is 7.22. The molecule has 0 saturated heterocycles. The average molecular weight is 475 g/mol. The molecule has 4 nitrogen and oxygen atoms in total. The van der Waals surface area contributed by atoms with E-state index in [0.717, 1.165) is 5.56 Å². The first-order valence-corrected chi connectivity index (χ1v) is 10.3. The zero-order chi connectivity index (χ0) is 23.7. The summed E-state index contributed by atoms with van der Waals surface area (Å²) in [5.41, 5.74) is -2.35. The number of thiazole rings is 1. The number of hydrogen-bond acceptors (Lipinski definition) is 4. The van der Waals surface area contributed by atoms with Crippen LogP contribution in [0.4, 0.5) is 31.5 Å². The van der Waals surface area contributed by atoms with E-state index in [1.165, 1.54) is 10.6 Å². The van der Waals surface area contributed by atoms with Crippen LogP contribution in [0.25, 0.3) is 10.2 Å². The highest BCUT2D eigenvalue weighted by atomic mass is 32.1. The molecule has 0 atom stereocenters. The number of alkyl halides is 6. The minimum absolute atomic E-state index is 0.0158. The Kier molecular flexibility index (Phi) is 6.41. The van der Waals surface area contributed by atoms with E-state index in [1.807, 2.05) is 0 Å². The van der Waals surface area contributed by atoms with E-state index in [9.17, 15) is 31.1 Å². The van der Waals surface area contributed by atoms with Gasteiger partial charge in [0.1, 0.15) is 0 Å². The van der Waals surface area contributed by atoms with E-state index < -0.39 is 35.5 Å². The minimum Gasteiger partial charge on any atom is -0.324 e. The maximum absolute atomic E-state index is 13.9. The van der Waals surface area contributed by atoms with E-state index in [-0.39, 0.29) is 6.42 Å². The second-order valence-electron chi connectivity index (χ2n) is 7.28. The van der Waals surface area contributed by atoms with Gasteiger partial charge in [-0.2, -0.15) is 26.3 Å². The Labute approximate surface area is 183 Å². The molecule has 3 aromatic rings. The summed E-state index contributed by atoms with van der Waals surface area (Å²) in [6.45, 7) is 3.43. The summed E-state index contributed by atoms with van der Waals surface area (Å²) in [5.74, 6) is -1.40. The van der Waals surface area contributed by atoms with Crippen LogP contribution in [-0.2, 0) is 11.2 Å². The molecule has 172 valence electrons. The number of amides is 1. The molecule has 0 bridgehead atoms. The highest BCUT2D eigenvalue weighted by Crippen LogP contribution is 2.44. The number of carbonyl (C=O) groups is 1. The predicted octanol–water partition coefficient (Wildman–Crippen LogP) is 5.89. The van der Waals surface area contributed by atoms with E-state index >= 15 is 0 Å². The van der Waals surface area contributed by atoms with Crippen molar-refractivity contribution in [3.8, 4) is 0 Å². The quantitative estimate of drug-likeness (QED) is 0.345. The number of nitrogens with one attached hydrogen (secondary N) is 2. The second kappa shape index (κ2) is 8.61. The number of hydrogen-bond donors (Lipinski definition) is 2. The smallest absolute Gasteiger partial charge is 0.324 e. The number of rotatable bonds is 6. The average Bonchev–Trinajstić information content (AvgIpc) is 3.11. The maximum Gasteiger partial charge on any atom is 0.439 e. The van der Waals surface area contributed by atoms with Crippen molar-refractivity contribution < 1.29 is 31.1 Å². The van der Waals surface area contributed by atoms with Gasteiger partial charge in [-0.1, -0.05) is 47.7 Å². The zero-order valence-corrected chi connectivity index (χ0v) is 17.8. The van der Waals surface area contributed by atoms with Crippen LogP contribution in [0, 0.1) is 13.8 Å². The molecule has 1 heterocycles. The SMILES string of the molecule is Cc1ccc2sc(NC(NC(=O)CCc3ccccc3)(C(F)(F)F)C(F)(F)F)nc2c1C. The van der Waals surface area contributed by atoms with E-state index in [4.69, 9.17) is 0 Å². The van der Waals surface area contributed by atoms with Gasteiger partial charge in [-0.3, -0.25) is 4.79 Å². The zero-order valence-electron chi connectivity index (χ0n) is 17.0. The first-order valence-electron chi connectivity index (χ1n) is 9.47. The number of anilines is 1. The number of benzene rings is 2. The molecule has 1 aromatic heterocycles. The van der Waals surface area contributed by atoms with Crippen LogP contribution >= 0.6 is 11.3 Å². The molecule has 11 heteroatoms. The van der Waals surface area contributed by atoms with Crippen LogP contribution in [-0.4, -0.2) is 28.9 Å². The normalized spacial score (nSPS) is 12.8. The lowest BCUT2D eigenvalue weighted by molar-refractivity contribution is -0.295. The molecule has 0 fully saturated rings. The Hall–Kier alpha value is -2.82. The molecular formula is C21H19F6N3OS. The Morgan fingerprint density at radius 1 is 0.969 bits per heavy atom. The van der Waals surface area contributed by atoms with E-state index in [1.54, 1.807) is 56.3 Å². The topological polar surface area (TPSA) is 54.0 Å². The van der Waals surface area contributed by atoms with Gasteiger partial charge in [0.2, 0.25) is 5.91 Å². The maximum atomic E-state index is 13.9. The van der Waals surface area contributed by atoms with Crippen LogP contribution in [0.5, 0.6) is 0 Å². The molecule has 32 heavy (non-hydrogen) atoms. The van der Waals surface area contributed by atoms with Crippen molar-refractivity contribution in [1.82, 2.24) is 10.3 Å². The summed E-state index contributed by atoms with van der Waals surface area (Å²) in [6.07, 6.45) is -12.4. The molecule has 0 aliphatic rings. The molecule has 1 amide bonds. The molecule has 0 spiro atoms. The van der Waals surface area contributed by atoms with Crippen molar-refractivity contribution >= 4 is 32.6 Å². The summed E-state index contributed by atoms with van der Waals surface area (Å²) in [4.78, 5) is 16.2. The van der Waals surface area contributed by atoms with Gasteiger partial charge in [-0.15, -0.1) is 0 Å². The summed E-state index contributed by atoms with van der Waals surface area (Å²) in [6, 6.07) is 11.5. The van der Waals surface area contributed by atoms with E-state index in [2.05, 4.69) is 4.98 Å². The van der Waals surface area contributed by atoms with Gasteiger partial charge in [0.05, 0.1) is 10.2 Å². The predicted molar refractivity (Wildman–Crippen MR) is 110 cm³/mol. The summed E-state index contributed by atoms with van der Waals surface area (Å²) < 4.78 is 83.6. The third kappa shape index (κ3) is 4.67. The standard InChI is InChI=1S/C21H19F6N3OS/c1-12-8-10-15-17(13(12)2)28-18(32-15)30-19(20(22,23)24,21(25,26)27)29-16(31)11-9-14-6-4-3-5-7-14/h3-8,10H,9,11H2,1-2H3,(H,28,30)(H,29,31). The molecule has 2 aromatic carbocycles. The summed E-state index contributed by atoms with van der Waals surface area (Å²) in [7, 11) is 0. The van der Waals surface area contributed by atoms with E-state index in [0.29, 0.717) is 32.7 Å². The largest absolute Gasteiger partial charge is 0.439 e. The summed E-state index contributed by atoms with van der Waals surface area (Å²) in [5, 5.41) is 2.02. The van der Waals surface area contributed by atoms with Gasteiger partial charge in [-0.25, -0.2) is 4.98 Å². The van der Waals surface area contributed by atoms with Crippen molar-refractivity contribution in [3.05, 3.63) is 59.2 Å². The Bertz CT molecular complexity index is 1090. The first-order chi connectivity index (χ1) is 14.8. The monoisotopic (exact) mass is 475 g/mol. The third-order valence-electron chi connectivity index (χ3n) is 5.04. The molecule has 0 unspecified atom stereocenters. The van der Waals surface area contributed by atoms with Gasteiger partial charge in [0.25, 0.3) is 0 Å². The van der Waals surface area contributed by atoms with Gasteiger partial charge in [0, 0.05) is 6.42 Å². The van der Waals surface area contributed by atoms with Crippen LogP contribution in [0.2, 0.25) is 0 Å². The van der Waals surface area contributed by atoms with Gasteiger partial charge < -0.3 is 10.6 Å².